The van der Waals surface area contributed by atoms with Crippen LogP contribution in [0.3, 0.4) is 0 Å². The van der Waals surface area contributed by atoms with Crippen LogP contribution >= 0.6 is 0 Å². The number of ether oxygens (including phenoxy) is 4. The van der Waals surface area contributed by atoms with Gasteiger partial charge in [-0.15, -0.1) is 13.2 Å². The van der Waals surface area contributed by atoms with Crippen LogP contribution in [0.2, 0.25) is 0 Å². The molecule has 0 saturated heterocycles. The van der Waals surface area contributed by atoms with Gasteiger partial charge in [0.1, 0.15) is 23.0 Å². The van der Waals surface area contributed by atoms with E-state index in [9.17, 15) is 33.7 Å². The van der Waals surface area contributed by atoms with Crippen molar-refractivity contribution in [3.05, 3.63) is 145 Å². The predicted octanol–water partition coefficient (Wildman–Crippen LogP) is 9.95. The fraction of sp³-hybridized carbons (Fsp3) is 0.481. The molecular weight excluding hydrogens is 997 g/mol. The summed E-state index contributed by atoms with van der Waals surface area (Å²) in [4.78, 5) is 0. The molecule has 400 valence electrons. The average molecular weight is 1080 g/mol. The highest BCUT2D eigenvalue weighted by molar-refractivity contribution is 7.93. The maximum Gasteiger partial charge on any atom is 0.217 e. The van der Waals surface area contributed by atoms with E-state index in [1.54, 1.807) is 131 Å². The Balaban J connectivity index is 0.000000380. The summed E-state index contributed by atoms with van der Waals surface area (Å²) < 4.78 is 129. The summed E-state index contributed by atoms with van der Waals surface area (Å²) in [6.45, 7) is 17.8. The van der Waals surface area contributed by atoms with Crippen LogP contribution in [0.4, 0.5) is 0 Å². The number of benzene rings is 4. The van der Waals surface area contributed by atoms with Gasteiger partial charge in [0.15, 0.2) is 19.7 Å². The SMILES string of the molecule is C=CCC[C@@H](CCS(=O)(=O)C(C)(C)C)S(=O)(=O)N(Cc1ccc(OC)cc1)Cc1ccc(OC)cc1.C=CCC[C@H](CCS(=O)(=O)C(C)(C)C)S(=O)(=O)N(Cc1ccc(OC)cc1)Cc1ccc(OC)cc1. The zero-order valence-corrected chi connectivity index (χ0v) is 47.1. The zero-order chi connectivity index (χ0) is 54.0. The van der Waals surface area contributed by atoms with Crippen molar-refractivity contribution < 1.29 is 52.6 Å². The van der Waals surface area contributed by atoms with Gasteiger partial charge in [0, 0.05) is 26.2 Å². The molecule has 0 aromatic heterocycles. The minimum Gasteiger partial charge on any atom is -0.497 e. The second kappa shape index (κ2) is 27.5. The molecule has 0 amide bonds. The summed E-state index contributed by atoms with van der Waals surface area (Å²) in [5.74, 6) is 2.32. The topological polar surface area (TPSA) is 180 Å². The number of hydrogen-bond acceptors (Lipinski definition) is 12. The van der Waals surface area contributed by atoms with E-state index in [-0.39, 0.29) is 50.5 Å². The van der Waals surface area contributed by atoms with Crippen LogP contribution in [0.5, 0.6) is 23.0 Å². The minimum atomic E-state index is -3.87. The lowest BCUT2D eigenvalue weighted by Gasteiger charge is -2.29. The summed E-state index contributed by atoms with van der Waals surface area (Å²) in [6.07, 6.45) is 4.92. The van der Waals surface area contributed by atoms with Crippen LogP contribution in [0.25, 0.3) is 0 Å². The third-order valence-corrected chi connectivity index (χ3v) is 22.2. The first-order valence-electron chi connectivity index (χ1n) is 23.8. The lowest BCUT2D eigenvalue weighted by molar-refractivity contribution is 0.387. The van der Waals surface area contributed by atoms with Crippen LogP contribution < -0.4 is 18.9 Å². The van der Waals surface area contributed by atoms with E-state index >= 15 is 0 Å². The molecule has 0 aliphatic carbocycles. The predicted molar refractivity (Wildman–Crippen MR) is 291 cm³/mol. The van der Waals surface area contributed by atoms with Gasteiger partial charge in [-0.2, -0.15) is 8.61 Å². The van der Waals surface area contributed by atoms with Crippen molar-refractivity contribution in [2.75, 3.05) is 39.9 Å². The van der Waals surface area contributed by atoms with Crippen LogP contribution in [-0.2, 0) is 65.9 Å². The molecule has 0 radical (unpaired) electrons. The molecule has 4 rings (SSSR count). The molecule has 4 aromatic carbocycles. The summed E-state index contributed by atoms with van der Waals surface area (Å²) in [5, 5.41) is -1.71. The zero-order valence-electron chi connectivity index (χ0n) is 43.9. The van der Waals surface area contributed by atoms with Crippen molar-refractivity contribution >= 4 is 39.7 Å². The lowest BCUT2D eigenvalue weighted by atomic mass is 10.2. The van der Waals surface area contributed by atoms with E-state index in [4.69, 9.17) is 18.9 Å². The number of sulfonamides is 2. The van der Waals surface area contributed by atoms with Gasteiger partial charge in [-0.1, -0.05) is 60.7 Å². The second-order valence-electron chi connectivity index (χ2n) is 19.4. The Bertz CT molecular complexity index is 2460. The van der Waals surface area contributed by atoms with Gasteiger partial charge in [-0.05, 0) is 151 Å². The van der Waals surface area contributed by atoms with Gasteiger partial charge in [0.25, 0.3) is 0 Å². The van der Waals surface area contributed by atoms with Gasteiger partial charge in [0.05, 0.1) is 59.9 Å². The molecular formula is C54H78N2O12S4. The van der Waals surface area contributed by atoms with E-state index in [0.29, 0.717) is 48.7 Å². The van der Waals surface area contributed by atoms with E-state index < -0.39 is 59.7 Å². The third kappa shape index (κ3) is 18.3. The average Bonchev–Trinajstić information content (AvgIpc) is 3.33. The molecule has 0 fully saturated rings. The normalized spacial score (nSPS) is 13.4. The highest BCUT2D eigenvalue weighted by Gasteiger charge is 2.37. The molecule has 0 bridgehead atoms. The third-order valence-electron chi connectivity index (χ3n) is 12.3. The molecule has 2 atom stereocenters. The van der Waals surface area contributed by atoms with E-state index in [1.807, 2.05) is 48.5 Å². The van der Waals surface area contributed by atoms with Gasteiger partial charge < -0.3 is 18.9 Å². The van der Waals surface area contributed by atoms with Gasteiger partial charge in [-0.25, -0.2) is 33.7 Å². The van der Waals surface area contributed by atoms with Crippen molar-refractivity contribution in [3.63, 3.8) is 0 Å². The van der Waals surface area contributed by atoms with E-state index in [1.165, 1.54) is 8.61 Å². The van der Waals surface area contributed by atoms with Crippen LogP contribution in [0, 0.1) is 0 Å². The van der Waals surface area contributed by atoms with Gasteiger partial charge in [0.2, 0.25) is 20.0 Å². The smallest absolute Gasteiger partial charge is 0.217 e. The second-order valence-corrected chi connectivity index (χ2v) is 29.6. The number of nitrogens with zero attached hydrogens (tertiary/aromatic N) is 2. The molecule has 18 heteroatoms. The lowest BCUT2D eigenvalue weighted by Crippen LogP contribution is -2.40. The van der Waals surface area contributed by atoms with E-state index in [0.717, 1.165) is 22.3 Å². The Kier molecular flexibility index (Phi) is 23.6. The molecule has 14 nitrogen and oxygen atoms in total. The summed E-state index contributed by atoms with van der Waals surface area (Å²) in [7, 11) is -8.39. The molecule has 0 N–H and O–H groups in total. The van der Waals surface area contributed by atoms with Gasteiger partial charge >= 0.3 is 0 Å². The number of rotatable bonds is 28. The summed E-state index contributed by atoms with van der Waals surface area (Å²) in [5.41, 5.74) is 3.21. The maximum absolute atomic E-state index is 14.0. The summed E-state index contributed by atoms with van der Waals surface area (Å²) in [6, 6.07) is 29.0. The molecule has 4 aromatic rings. The van der Waals surface area contributed by atoms with Gasteiger partial charge in [-0.3, -0.25) is 0 Å². The highest BCUT2D eigenvalue weighted by atomic mass is 32.2. The minimum absolute atomic E-state index is 0.0253. The Labute approximate surface area is 432 Å². The van der Waals surface area contributed by atoms with E-state index in [2.05, 4.69) is 13.2 Å². The Morgan fingerprint density at radius 3 is 0.819 bits per heavy atom. The van der Waals surface area contributed by atoms with Crippen molar-refractivity contribution in [2.45, 2.75) is 126 Å². The number of methoxy groups -OCH3 is 4. The van der Waals surface area contributed by atoms with Crippen LogP contribution in [-0.4, -0.2) is 102 Å². The Hall–Kier alpha value is -4.72. The highest BCUT2D eigenvalue weighted by Crippen LogP contribution is 2.29. The monoisotopic (exact) mass is 1070 g/mol. The number of allylic oxidation sites excluding steroid dienone is 2. The molecule has 0 unspecified atom stereocenters. The maximum atomic E-state index is 14.0. The molecule has 0 saturated carbocycles. The molecule has 72 heavy (non-hydrogen) atoms. The van der Waals surface area contributed by atoms with Crippen LogP contribution in [0.15, 0.2) is 122 Å². The fourth-order valence-corrected chi connectivity index (χ4v) is 13.9. The standard InChI is InChI=1S/2C27H39NO6S2/c2*1-7-8-9-26(18-19-35(29,30)27(2,3)4)36(31,32)28(20-22-10-14-24(33-5)15-11-22)21-23-12-16-25(34-6)17-13-23/h2*7,10-17,26H,1,8-9,18-21H2,2-6H3/t2*26-/m10/s1. The quantitative estimate of drug-likeness (QED) is 0.0492. The number of hydrogen-bond donors (Lipinski definition) is 0. The van der Waals surface area contributed by atoms with Crippen molar-refractivity contribution in [1.82, 2.24) is 8.61 Å². The van der Waals surface area contributed by atoms with Crippen LogP contribution in [0.1, 0.15) is 102 Å². The first-order chi connectivity index (χ1) is 33.7. The largest absolute Gasteiger partial charge is 0.497 e. The first-order valence-corrected chi connectivity index (χ1v) is 30.1. The molecule has 0 aliphatic heterocycles. The molecule has 0 aliphatic rings. The van der Waals surface area contributed by atoms with Crippen molar-refractivity contribution in [1.29, 1.82) is 0 Å². The Morgan fingerprint density at radius 1 is 0.417 bits per heavy atom. The van der Waals surface area contributed by atoms with Crippen molar-refractivity contribution in [3.8, 4) is 23.0 Å². The fourth-order valence-electron chi connectivity index (χ4n) is 7.31. The van der Waals surface area contributed by atoms with Crippen molar-refractivity contribution in [2.24, 2.45) is 0 Å². The summed E-state index contributed by atoms with van der Waals surface area (Å²) >= 11 is 0. The number of sulfone groups is 2. The molecule has 0 heterocycles. The Morgan fingerprint density at radius 2 is 0.639 bits per heavy atom. The first kappa shape index (κ1) is 61.6. The molecule has 0 spiro atoms.